The van der Waals surface area contributed by atoms with Gasteiger partial charge in [0.05, 0.1) is 17.3 Å². The maximum absolute atomic E-state index is 14.1. The fourth-order valence-corrected chi connectivity index (χ4v) is 7.23. The van der Waals surface area contributed by atoms with Crippen LogP contribution in [-0.2, 0) is 20.2 Å². The molecule has 9 nitrogen and oxygen atoms in total. The summed E-state index contributed by atoms with van der Waals surface area (Å²) in [5, 5.41) is 21.5. The number of carbonyl (C=O) groups excluding carboxylic acids is 2. The topological polar surface area (TPSA) is 135 Å². The first-order chi connectivity index (χ1) is 23.9. The van der Waals surface area contributed by atoms with Gasteiger partial charge in [-0.2, -0.15) is 26.3 Å². The van der Waals surface area contributed by atoms with Gasteiger partial charge in [-0.1, -0.05) is 66.7 Å². The first-order valence-corrected chi connectivity index (χ1v) is 16.7. The molecule has 0 unspecified atom stereocenters. The lowest BCUT2D eigenvalue weighted by Crippen LogP contribution is -2.53. The summed E-state index contributed by atoms with van der Waals surface area (Å²) in [5.41, 5.74) is -4.44. The molecule has 0 radical (unpaired) electrons. The van der Waals surface area contributed by atoms with E-state index in [-0.39, 0.29) is 32.7 Å². The number of aliphatic hydroxyl groups excluding tert-OH is 1. The van der Waals surface area contributed by atoms with E-state index >= 15 is 0 Å². The second kappa shape index (κ2) is 12.5. The molecule has 0 atom stereocenters. The lowest BCUT2D eigenvalue weighted by Gasteiger charge is -2.32. The third-order valence-electron chi connectivity index (χ3n) is 8.69. The van der Waals surface area contributed by atoms with Crippen molar-refractivity contribution in [2.45, 2.75) is 35.9 Å². The Bertz CT molecular complexity index is 2240. The largest absolute Gasteiger partial charge is 0.436 e. The van der Waals surface area contributed by atoms with Gasteiger partial charge >= 0.3 is 18.4 Å². The Morgan fingerprint density at radius 3 is 1.90 bits per heavy atom. The molecule has 1 aromatic heterocycles. The summed E-state index contributed by atoms with van der Waals surface area (Å²) in [6, 6.07) is 20.1. The highest BCUT2D eigenvalue weighted by Crippen LogP contribution is 2.50. The first-order valence-electron chi connectivity index (χ1n) is 15.1. The van der Waals surface area contributed by atoms with Crippen LogP contribution in [-0.4, -0.2) is 59.9 Å². The maximum Gasteiger partial charge on any atom is 0.430 e. The number of anilines is 1. The number of amides is 1. The minimum absolute atomic E-state index is 0.0530. The van der Waals surface area contributed by atoms with Crippen LogP contribution in [0, 0.1) is 6.92 Å². The Labute approximate surface area is 285 Å². The van der Waals surface area contributed by atoms with Crippen LogP contribution in [0.5, 0.6) is 0 Å². The Morgan fingerprint density at radius 2 is 1.37 bits per heavy atom. The zero-order valence-corrected chi connectivity index (χ0v) is 27.0. The number of fused-ring (bicyclic) bond motifs is 4. The summed E-state index contributed by atoms with van der Waals surface area (Å²) in [6.45, 7) is 0.746. The van der Waals surface area contributed by atoms with Gasteiger partial charge in [-0.25, -0.2) is 17.8 Å². The number of alkyl halides is 6. The zero-order chi connectivity index (χ0) is 37.1. The Balaban J connectivity index is 1.43. The molecule has 51 heavy (non-hydrogen) atoms. The van der Waals surface area contributed by atoms with Crippen molar-refractivity contribution in [3.63, 3.8) is 0 Å². The number of rotatable bonds is 7. The highest BCUT2D eigenvalue weighted by molar-refractivity contribution is 7.91. The predicted octanol–water partition coefficient (Wildman–Crippen LogP) is 7.03. The van der Waals surface area contributed by atoms with Crippen molar-refractivity contribution in [1.82, 2.24) is 4.57 Å². The van der Waals surface area contributed by atoms with E-state index < -0.39 is 63.8 Å². The van der Waals surface area contributed by atoms with Crippen LogP contribution in [0.4, 0.5) is 36.8 Å². The number of nitrogens with zero attached hydrogens (tertiary/aromatic N) is 1. The third-order valence-corrected chi connectivity index (χ3v) is 10.4. The molecule has 0 aliphatic heterocycles. The second-order valence-corrected chi connectivity index (χ2v) is 13.8. The zero-order valence-electron chi connectivity index (χ0n) is 26.2. The first kappa shape index (κ1) is 35.6. The standard InChI is InChI=1S/C35H26F6N2O7S/c1-19-28-18-22(51(48,49)17-16-44)14-15-25(28)29(31(45)42-21-12-10-20(11-13-21)33(47,34(36,37)38)35(39,40)41)43(19)32(46)50-30-26-8-4-2-6-23(26)24-7-3-5-9-27(24)30/h2-15,18,30,44,47H,16-17H2,1H3,(H,42,45). The van der Waals surface area contributed by atoms with Gasteiger partial charge in [0.1, 0.15) is 5.69 Å². The lowest BCUT2D eigenvalue weighted by atomic mass is 9.92. The van der Waals surface area contributed by atoms with Crippen LogP contribution in [0.2, 0.25) is 0 Å². The molecule has 1 aliphatic rings. The van der Waals surface area contributed by atoms with E-state index in [0.29, 0.717) is 35.4 Å². The summed E-state index contributed by atoms with van der Waals surface area (Å²) in [4.78, 5) is 27.7. The summed E-state index contributed by atoms with van der Waals surface area (Å²) in [5.74, 6) is -1.67. The fourth-order valence-electron chi connectivity index (χ4n) is 6.18. The summed E-state index contributed by atoms with van der Waals surface area (Å²) in [7, 11) is -3.99. The van der Waals surface area contributed by atoms with E-state index in [0.717, 1.165) is 21.8 Å². The SMILES string of the molecule is Cc1c2cc(S(=O)(=O)CCO)ccc2c(C(=O)Nc2ccc(C(O)(C(F)(F)F)C(F)(F)F)cc2)n1C(=O)OC1c2ccccc2-c2ccccc21. The second-order valence-electron chi connectivity index (χ2n) is 11.7. The molecule has 16 heteroatoms. The summed E-state index contributed by atoms with van der Waals surface area (Å²) >= 11 is 0. The number of carbonyl (C=O) groups is 2. The Kier molecular flexibility index (Phi) is 8.76. The van der Waals surface area contributed by atoms with Crippen molar-refractivity contribution >= 4 is 38.3 Å². The smallest absolute Gasteiger partial charge is 0.430 e. The van der Waals surface area contributed by atoms with Gasteiger partial charge in [-0.15, -0.1) is 0 Å². The normalized spacial score (nSPS) is 13.6. The van der Waals surface area contributed by atoms with Crippen molar-refractivity contribution in [3.05, 3.63) is 119 Å². The predicted molar refractivity (Wildman–Crippen MR) is 172 cm³/mol. The van der Waals surface area contributed by atoms with Crippen LogP contribution in [0.3, 0.4) is 0 Å². The average molecular weight is 733 g/mol. The number of halogens is 6. The molecule has 0 saturated carbocycles. The monoisotopic (exact) mass is 732 g/mol. The minimum Gasteiger partial charge on any atom is -0.436 e. The van der Waals surface area contributed by atoms with E-state index in [1.807, 2.05) is 24.3 Å². The highest BCUT2D eigenvalue weighted by atomic mass is 32.2. The number of hydrogen-bond donors (Lipinski definition) is 3. The molecular weight excluding hydrogens is 706 g/mol. The van der Waals surface area contributed by atoms with E-state index in [9.17, 15) is 54.6 Å². The van der Waals surface area contributed by atoms with E-state index in [4.69, 9.17) is 4.74 Å². The number of benzene rings is 4. The van der Waals surface area contributed by atoms with Crippen LogP contribution in [0.1, 0.15) is 39.0 Å². The van der Waals surface area contributed by atoms with Crippen LogP contribution in [0.25, 0.3) is 21.9 Å². The average Bonchev–Trinajstić information content (AvgIpc) is 3.55. The molecule has 1 heterocycles. The van der Waals surface area contributed by atoms with Crippen LogP contribution >= 0.6 is 0 Å². The van der Waals surface area contributed by atoms with Gasteiger partial charge in [0.25, 0.3) is 11.5 Å². The molecule has 1 amide bonds. The van der Waals surface area contributed by atoms with E-state index in [2.05, 4.69) is 5.32 Å². The quantitative estimate of drug-likeness (QED) is 0.153. The molecule has 266 valence electrons. The summed E-state index contributed by atoms with van der Waals surface area (Å²) in [6.07, 6.45) is -14.2. The molecule has 3 N–H and O–H groups in total. The molecule has 6 rings (SSSR count). The highest BCUT2D eigenvalue weighted by Gasteiger charge is 2.71. The van der Waals surface area contributed by atoms with Crippen LogP contribution < -0.4 is 5.32 Å². The molecule has 5 aromatic rings. The van der Waals surface area contributed by atoms with Gasteiger partial charge in [0.2, 0.25) is 0 Å². The third kappa shape index (κ3) is 5.92. The minimum atomic E-state index is -6.13. The van der Waals surface area contributed by atoms with Gasteiger partial charge in [-0.3, -0.25) is 4.79 Å². The molecule has 0 fully saturated rings. The number of aliphatic hydroxyl groups is 2. The maximum atomic E-state index is 14.1. The molecular formula is C35H26F6N2O7S. The molecule has 0 saturated heterocycles. The van der Waals surface area contributed by atoms with Crippen molar-refractivity contribution in [2.75, 3.05) is 17.7 Å². The van der Waals surface area contributed by atoms with E-state index in [1.54, 1.807) is 24.3 Å². The Hall–Kier alpha value is -5.19. The van der Waals surface area contributed by atoms with Crippen molar-refractivity contribution < 1.29 is 59.3 Å². The van der Waals surface area contributed by atoms with Gasteiger partial charge < -0.3 is 20.3 Å². The van der Waals surface area contributed by atoms with Crippen molar-refractivity contribution in [2.24, 2.45) is 0 Å². The molecule has 1 aliphatic carbocycles. The number of hydrogen-bond acceptors (Lipinski definition) is 7. The van der Waals surface area contributed by atoms with E-state index in [1.165, 1.54) is 19.1 Å². The number of sulfone groups is 1. The number of ether oxygens (including phenoxy) is 1. The van der Waals surface area contributed by atoms with Gasteiger partial charge in [0, 0.05) is 38.8 Å². The fraction of sp³-hybridized carbons (Fsp3) is 0.200. The number of nitrogens with one attached hydrogen (secondary N) is 1. The lowest BCUT2D eigenvalue weighted by molar-refractivity contribution is -0.376. The molecule has 0 bridgehead atoms. The number of aryl methyl sites for hydroxylation is 1. The van der Waals surface area contributed by atoms with Gasteiger partial charge in [0.15, 0.2) is 15.9 Å². The molecule has 0 spiro atoms. The van der Waals surface area contributed by atoms with Crippen molar-refractivity contribution in [3.8, 4) is 11.1 Å². The Morgan fingerprint density at radius 1 is 0.824 bits per heavy atom. The molecule has 4 aromatic carbocycles. The summed E-state index contributed by atoms with van der Waals surface area (Å²) < 4.78 is 113. The van der Waals surface area contributed by atoms with Gasteiger partial charge in [-0.05, 0) is 42.3 Å². The van der Waals surface area contributed by atoms with Crippen molar-refractivity contribution in [1.29, 1.82) is 0 Å². The number of aromatic nitrogens is 1. The van der Waals surface area contributed by atoms with Crippen LogP contribution in [0.15, 0.2) is 95.9 Å².